The maximum atomic E-state index is 6.98. The third kappa shape index (κ3) is 3.15. The molecule has 8 rings (SSSR count). The normalized spacial score (nSPS) is 13.0. The molecule has 2 nitrogen and oxygen atoms in total. The van der Waals surface area contributed by atoms with Gasteiger partial charge in [-0.3, -0.25) is 0 Å². The maximum Gasteiger partial charge on any atom is 0.136 e. The van der Waals surface area contributed by atoms with Crippen molar-refractivity contribution < 1.29 is 8.83 Å². The van der Waals surface area contributed by atoms with E-state index in [1.54, 1.807) is 0 Å². The fourth-order valence-electron chi connectivity index (χ4n) is 6.84. The molecule has 0 spiro atoms. The fraction of sp³-hybridized carbons (Fsp3) is 0.111. The Morgan fingerprint density at radius 3 is 1.25 bits per heavy atom. The van der Waals surface area contributed by atoms with Gasteiger partial charge in [-0.1, -0.05) is 134 Å². The van der Waals surface area contributed by atoms with Crippen LogP contribution in [0, 0.1) is 0 Å². The molecule has 6 aromatic rings. The van der Waals surface area contributed by atoms with Crippen molar-refractivity contribution in [1.82, 2.24) is 0 Å². The van der Waals surface area contributed by atoms with E-state index in [0.717, 1.165) is 22.3 Å². The lowest BCUT2D eigenvalue weighted by atomic mass is 9.90. The second kappa shape index (κ2) is 8.20. The van der Waals surface area contributed by atoms with Crippen LogP contribution >= 0.6 is 0 Å². The minimum Gasteiger partial charge on any atom is -0.456 e. The van der Waals surface area contributed by atoms with Crippen LogP contribution in [-0.4, -0.2) is 16.1 Å². The molecule has 0 fully saturated rings. The summed E-state index contributed by atoms with van der Waals surface area (Å²) in [5.41, 5.74) is 6.30. The third-order valence-corrected chi connectivity index (χ3v) is 16.2. The van der Waals surface area contributed by atoms with Crippen molar-refractivity contribution in [2.24, 2.45) is 0 Å². The van der Waals surface area contributed by atoms with Gasteiger partial charge in [-0.2, -0.15) is 0 Å². The molecule has 40 heavy (non-hydrogen) atoms. The second-order valence-electron chi connectivity index (χ2n) is 12.2. The van der Waals surface area contributed by atoms with E-state index >= 15 is 0 Å². The van der Waals surface area contributed by atoms with Crippen LogP contribution in [0.4, 0.5) is 0 Å². The number of rotatable bonds is 4. The first-order valence-corrected chi connectivity index (χ1v) is 20.0. The summed E-state index contributed by atoms with van der Waals surface area (Å²) < 4.78 is 14.0. The highest BCUT2D eigenvalue weighted by Gasteiger charge is 2.37. The van der Waals surface area contributed by atoms with Gasteiger partial charge in [0.05, 0.1) is 0 Å². The molecule has 0 aromatic heterocycles. The van der Waals surface area contributed by atoms with Crippen molar-refractivity contribution in [3.8, 4) is 11.1 Å². The lowest BCUT2D eigenvalue weighted by molar-refractivity contribution is 0.649. The van der Waals surface area contributed by atoms with Crippen LogP contribution in [0.5, 0.6) is 0 Å². The van der Waals surface area contributed by atoms with E-state index in [4.69, 9.17) is 8.83 Å². The van der Waals surface area contributed by atoms with Crippen LogP contribution in [0.25, 0.3) is 55.0 Å². The van der Waals surface area contributed by atoms with Gasteiger partial charge in [-0.05, 0) is 33.3 Å². The molecule has 0 N–H and O–H groups in total. The largest absolute Gasteiger partial charge is 0.456 e. The van der Waals surface area contributed by atoms with Crippen molar-refractivity contribution in [2.75, 3.05) is 0 Å². The molecule has 2 heterocycles. The highest BCUT2D eigenvalue weighted by molar-refractivity contribution is 7.02. The van der Waals surface area contributed by atoms with E-state index in [1.807, 2.05) is 0 Å². The van der Waals surface area contributed by atoms with Crippen LogP contribution in [0.15, 0.2) is 118 Å². The van der Waals surface area contributed by atoms with Gasteiger partial charge >= 0.3 is 0 Å². The minimum atomic E-state index is -2.11. The molecule has 6 aromatic carbocycles. The molecule has 0 saturated carbocycles. The first-order valence-electron chi connectivity index (χ1n) is 14.0. The van der Waals surface area contributed by atoms with Gasteiger partial charge < -0.3 is 8.83 Å². The maximum absolute atomic E-state index is 6.98. The monoisotopic (exact) mass is 550 g/mol. The Morgan fingerprint density at radius 1 is 0.450 bits per heavy atom. The summed E-state index contributed by atoms with van der Waals surface area (Å²) in [4.78, 5) is 0. The molecule has 0 aliphatic carbocycles. The summed E-state index contributed by atoms with van der Waals surface area (Å²) in [6.07, 6.45) is 0. The molecular formula is C36H30O2Si2. The Kier molecular flexibility index (Phi) is 4.86. The van der Waals surface area contributed by atoms with Gasteiger partial charge in [0.15, 0.2) is 0 Å². The summed E-state index contributed by atoms with van der Waals surface area (Å²) in [7, 11) is -4.23. The SMILES string of the molecule is C[Si](C)(c1ccccc1)c1cc2cccc3oc4c([Si](C)(C)c5ccccc5)cc5cccc6oc1c(c23)-c4c56. The lowest BCUT2D eigenvalue weighted by Gasteiger charge is -2.30. The van der Waals surface area contributed by atoms with Gasteiger partial charge in [0, 0.05) is 21.9 Å². The quantitative estimate of drug-likeness (QED) is 0.128. The number of hydrogen-bond donors (Lipinski definition) is 0. The van der Waals surface area contributed by atoms with Crippen molar-refractivity contribution in [3.63, 3.8) is 0 Å². The smallest absolute Gasteiger partial charge is 0.136 e. The summed E-state index contributed by atoms with van der Waals surface area (Å²) in [5.74, 6) is 0. The van der Waals surface area contributed by atoms with Crippen LogP contribution in [0.2, 0.25) is 26.2 Å². The third-order valence-electron chi connectivity index (χ3n) is 9.17. The number of benzene rings is 6. The zero-order valence-corrected chi connectivity index (χ0v) is 25.2. The van der Waals surface area contributed by atoms with Crippen molar-refractivity contribution in [3.05, 3.63) is 109 Å². The van der Waals surface area contributed by atoms with Crippen molar-refractivity contribution >= 4 is 80.8 Å². The molecule has 2 aliphatic heterocycles. The van der Waals surface area contributed by atoms with Crippen molar-refractivity contribution in [1.29, 1.82) is 0 Å². The average molecular weight is 551 g/mol. The fourth-order valence-corrected chi connectivity index (χ4v) is 12.0. The topological polar surface area (TPSA) is 26.3 Å². The Bertz CT molecular complexity index is 1990. The molecule has 2 aliphatic rings. The molecule has 0 saturated heterocycles. The highest BCUT2D eigenvalue weighted by Crippen LogP contribution is 2.47. The average Bonchev–Trinajstić information content (AvgIpc) is 2.98. The Balaban J connectivity index is 1.58. The Hall–Kier alpha value is -4.13. The van der Waals surface area contributed by atoms with E-state index in [9.17, 15) is 0 Å². The molecule has 0 unspecified atom stereocenters. The van der Waals surface area contributed by atoms with Gasteiger partial charge in [-0.25, -0.2) is 0 Å². The summed E-state index contributed by atoms with van der Waals surface area (Å²) in [6, 6.07) is 39.7. The first kappa shape index (κ1) is 23.7. The van der Waals surface area contributed by atoms with Crippen LogP contribution < -0.4 is 20.7 Å². The zero-order chi connectivity index (χ0) is 27.2. The second-order valence-corrected chi connectivity index (χ2v) is 20.9. The molecular weight excluding hydrogens is 521 g/mol. The van der Waals surface area contributed by atoms with E-state index in [2.05, 4.69) is 135 Å². The minimum absolute atomic E-state index is 0.924. The van der Waals surface area contributed by atoms with Crippen LogP contribution in [-0.2, 0) is 0 Å². The first-order chi connectivity index (χ1) is 19.4. The van der Waals surface area contributed by atoms with E-state index in [1.165, 1.54) is 53.4 Å². The summed E-state index contributed by atoms with van der Waals surface area (Å²) in [5, 5.41) is 10.2. The highest BCUT2D eigenvalue weighted by atomic mass is 28.3. The van der Waals surface area contributed by atoms with Gasteiger partial charge in [-0.15, -0.1) is 0 Å². The van der Waals surface area contributed by atoms with Gasteiger partial charge in [0.1, 0.15) is 38.5 Å². The number of hydrogen-bond acceptors (Lipinski definition) is 2. The predicted molar refractivity (Wildman–Crippen MR) is 175 cm³/mol. The van der Waals surface area contributed by atoms with Gasteiger partial charge in [0.2, 0.25) is 0 Å². The van der Waals surface area contributed by atoms with Crippen molar-refractivity contribution in [2.45, 2.75) is 26.2 Å². The molecule has 194 valence electrons. The van der Waals surface area contributed by atoms with E-state index in [0.29, 0.717) is 0 Å². The summed E-state index contributed by atoms with van der Waals surface area (Å²) >= 11 is 0. The standard InChI is InChI=1S/C36H30O2Si2/c1-39(2,25-15-7-5-8-16-25)29-21-23-13-11-20-28-31(23)33-34-32-24(14-12-19-27(32)37-35(29)33)22-30(36(34)38-28)40(3,4)26-17-9-6-10-18-26/h5-22H,1-4H3. The van der Waals surface area contributed by atoms with Crippen LogP contribution in [0.3, 0.4) is 0 Å². The molecule has 0 atom stereocenters. The molecule has 0 radical (unpaired) electrons. The molecule has 0 amide bonds. The van der Waals surface area contributed by atoms with E-state index in [-0.39, 0.29) is 0 Å². The van der Waals surface area contributed by atoms with Crippen LogP contribution in [0.1, 0.15) is 0 Å². The predicted octanol–water partition coefficient (Wildman–Crippen LogP) is 7.67. The lowest BCUT2D eigenvalue weighted by Crippen LogP contribution is -2.53. The molecule has 4 heteroatoms. The summed E-state index contributed by atoms with van der Waals surface area (Å²) in [6.45, 7) is 9.77. The molecule has 0 bridgehead atoms. The Morgan fingerprint density at radius 2 is 0.850 bits per heavy atom. The zero-order valence-electron chi connectivity index (χ0n) is 23.2. The van der Waals surface area contributed by atoms with Gasteiger partial charge in [0.25, 0.3) is 0 Å². The Labute approximate surface area is 235 Å². The van der Waals surface area contributed by atoms with E-state index < -0.39 is 16.1 Å².